The van der Waals surface area contributed by atoms with Gasteiger partial charge >= 0.3 is 0 Å². The number of nitrogens with zero attached hydrogens (tertiary/aromatic N) is 1. The number of fused-ring (bicyclic) bond motifs is 1. The zero-order valence-corrected chi connectivity index (χ0v) is 10.4. The molecule has 2 heterocycles. The Morgan fingerprint density at radius 1 is 1.11 bits per heavy atom. The van der Waals surface area contributed by atoms with E-state index in [9.17, 15) is 4.79 Å². The highest BCUT2D eigenvalue weighted by Gasteiger charge is 2.12. The van der Waals surface area contributed by atoms with Gasteiger partial charge in [-0.2, -0.15) is 0 Å². The monoisotopic (exact) mass is 243 g/mol. The van der Waals surface area contributed by atoms with E-state index in [2.05, 4.69) is 4.90 Å². The Bertz CT molecular complexity index is 597. The van der Waals surface area contributed by atoms with Crippen LogP contribution in [0.5, 0.6) is 0 Å². The summed E-state index contributed by atoms with van der Waals surface area (Å²) in [5.41, 5.74) is 0.751. The predicted octanol–water partition coefficient (Wildman–Crippen LogP) is 2.78. The molecule has 3 nitrogen and oxygen atoms in total. The maximum Gasteiger partial charge on any atom is 0.192 e. The number of hydrogen-bond acceptors (Lipinski definition) is 3. The SMILES string of the molecule is O=c1cc(CN2CCCCC2)oc2ccccc12. The van der Waals surface area contributed by atoms with Crippen molar-refractivity contribution in [2.24, 2.45) is 0 Å². The van der Waals surface area contributed by atoms with Gasteiger partial charge in [0.1, 0.15) is 11.3 Å². The fourth-order valence-electron chi connectivity index (χ4n) is 2.57. The van der Waals surface area contributed by atoms with Gasteiger partial charge in [-0.05, 0) is 38.1 Å². The number of rotatable bonds is 2. The van der Waals surface area contributed by atoms with Crippen LogP contribution in [0.1, 0.15) is 25.0 Å². The molecule has 0 unspecified atom stereocenters. The van der Waals surface area contributed by atoms with Crippen LogP contribution in [0.4, 0.5) is 0 Å². The molecule has 1 aromatic carbocycles. The van der Waals surface area contributed by atoms with Crippen LogP contribution in [0.25, 0.3) is 11.0 Å². The van der Waals surface area contributed by atoms with Crippen LogP contribution in [0.15, 0.2) is 39.5 Å². The lowest BCUT2D eigenvalue weighted by Gasteiger charge is -2.25. The molecule has 0 N–H and O–H groups in total. The summed E-state index contributed by atoms with van der Waals surface area (Å²) in [6.45, 7) is 2.97. The number of likely N-dealkylation sites (tertiary alicyclic amines) is 1. The molecule has 0 spiro atoms. The normalized spacial score (nSPS) is 17.1. The standard InChI is InChI=1S/C15H17NO2/c17-14-10-12(11-16-8-4-1-5-9-16)18-15-7-3-2-6-13(14)15/h2-3,6-7,10H,1,4-5,8-9,11H2. The molecule has 0 amide bonds. The van der Waals surface area contributed by atoms with E-state index in [0.29, 0.717) is 11.0 Å². The van der Waals surface area contributed by atoms with Gasteiger partial charge < -0.3 is 4.42 Å². The van der Waals surface area contributed by atoms with E-state index in [-0.39, 0.29) is 5.43 Å². The number of piperidine rings is 1. The van der Waals surface area contributed by atoms with Crippen molar-refractivity contribution in [1.82, 2.24) is 4.90 Å². The van der Waals surface area contributed by atoms with Crippen molar-refractivity contribution >= 4 is 11.0 Å². The van der Waals surface area contributed by atoms with Gasteiger partial charge in [0.25, 0.3) is 0 Å². The molecule has 1 aromatic heterocycles. The second-order valence-corrected chi connectivity index (χ2v) is 4.91. The summed E-state index contributed by atoms with van der Waals surface area (Å²) >= 11 is 0. The summed E-state index contributed by atoms with van der Waals surface area (Å²) in [6, 6.07) is 9.07. The second-order valence-electron chi connectivity index (χ2n) is 4.91. The summed E-state index contributed by atoms with van der Waals surface area (Å²) in [6.07, 6.45) is 3.81. The molecule has 0 radical (unpaired) electrons. The molecule has 18 heavy (non-hydrogen) atoms. The van der Waals surface area contributed by atoms with E-state index in [4.69, 9.17) is 4.42 Å². The number of hydrogen-bond donors (Lipinski definition) is 0. The van der Waals surface area contributed by atoms with Gasteiger partial charge in [-0.15, -0.1) is 0 Å². The molecule has 0 aliphatic carbocycles. The van der Waals surface area contributed by atoms with E-state index >= 15 is 0 Å². The van der Waals surface area contributed by atoms with Crippen LogP contribution in [0.3, 0.4) is 0 Å². The molecular weight excluding hydrogens is 226 g/mol. The summed E-state index contributed by atoms with van der Waals surface area (Å²) in [5.74, 6) is 0.778. The maximum absolute atomic E-state index is 12.0. The largest absolute Gasteiger partial charge is 0.459 e. The molecule has 1 fully saturated rings. The summed E-state index contributed by atoms with van der Waals surface area (Å²) in [4.78, 5) is 14.3. The van der Waals surface area contributed by atoms with Gasteiger partial charge in [-0.25, -0.2) is 0 Å². The molecule has 2 aromatic rings. The van der Waals surface area contributed by atoms with Gasteiger partial charge in [0.2, 0.25) is 0 Å². The molecule has 0 bridgehead atoms. The van der Waals surface area contributed by atoms with Crippen molar-refractivity contribution in [3.8, 4) is 0 Å². The van der Waals surface area contributed by atoms with Gasteiger partial charge in [0.05, 0.1) is 11.9 Å². The van der Waals surface area contributed by atoms with Crippen LogP contribution in [0.2, 0.25) is 0 Å². The topological polar surface area (TPSA) is 33.5 Å². The van der Waals surface area contributed by atoms with E-state index in [1.54, 1.807) is 6.07 Å². The highest BCUT2D eigenvalue weighted by molar-refractivity contribution is 5.76. The van der Waals surface area contributed by atoms with Crippen LogP contribution in [-0.2, 0) is 6.54 Å². The van der Waals surface area contributed by atoms with E-state index in [0.717, 1.165) is 25.4 Å². The fourth-order valence-corrected chi connectivity index (χ4v) is 2.57. The van der Waals surface area contributed by atoms with Crippen LogP contribution < -0.4 is 5.43 Å². The third-order valence-electron chi connectivity index (χ3n) is 3.51. The molecule has 1 aliphatic rings. The Labute approximate surface area is 106 Å². The number of benzene rings is 1. The minimum Gasteiger partial charge on any atom is -0.459 e. The van der Waals surface area contributed by atoms with Crippen LogP contribution in [-0.4, -0.2) is 18.0 Å². The Morgan fingerprint density at radius 2 is 1.89 bits per heavy atom. The molecule has 1 saturated heterocycles. The third-order valence-corrected chi connectivity index (χ3v) is 3.51. The molecule has 3 rings (SSSR count). The maximum atomic E-state index is 12.0. The van der Waals surface area contributed by atoms with Gasteiger partial charge in [0.15, 0.2) is 5.43 Å². The minimum absolute atomic E-state index is 0.0591. The first-order chi connectivity index (χ1) is 8.83. The zero-order valence-electron chi connectivity index (χ0n) is 10.4. The highest BCUT2D eigenvalue weighted by atomic mass is 16.3. The Morgan fingerprint density at radius 3 is 2.72 bits per heavy atom. The first-order valence-electron chi connectivity index (χ1n) is 6.57. The van der Waals surface area contributed by atoms with E-state index in [1.807, 2.05) is 24.3 Å². The van der Waals surface area contributed by atoms with E-state index in [1.165, 1.54) is 19.3 Å². The highest BCUT2D eigenvalue weighted by Crippen LogP contribution is 2.15. The predicted molar refractivity (Wildman–Crippen MR) is 71.6 cm³/mol. The van der Waals surface area contributed by atoms with Crippen molar-refractivity contribution in [2.75, 3.05) is 13.1 Å². The lowest BCUT2D eigenvalue weighted by Crippen LogP contribution is -2.29. The Kier molecular flexibility index (Phi) is 3.15. The smallest absolute Gasteiger partial charge is 0.192 e. The quantitative estimate of drug-likeness (QED) is 0.813. The average molecular weight is 243 g/mol. The van der Waals surface area contributed by atoms with Crippen molar-refractivity contribution in [2.45, 2.75) is 25.8 Å². The van der Waals surface area contributed by atoms with Gasteiger partial charge in [-0.1, -0.05) is 18.6 Å². The van der Waals surface area contributed by atoms with Crippen molar-refractivity contribution in [1.29, 1.82) is 0 Å². The lowest BCUT2D eigenvalue weighted by molar-refractivity contribution is 0.206. The minimum atomic E-state index is 0.0591. The van der Waals surface area contributed by atoms with Crippen molar-refractivity contribution in [3.05, 3.63) is 46.3 Å². The van der Waals surface area contributed by atoms with Crippen LogP contribution >= 0.6 is 0 Å². The van der Waals surface area contributed by atoms with Crippen molar-refractivity contribution < 1.29 is 4.42 Å². The van der Waals surface area contributed by atoms with Crippen molar-refractivity contribution in [3.63, 3.8) is 0 Å². The molecule has 0 atom stereocenters. The first kappa shape index (κ1) is 11.5. The summed E-state index contributed by atoms with van der Waals surface area (Å²) < 4.78 is 5.80. The molecular formula is C15H17NO2. The molecule has 3 heteroatoms. The van der Waals surface area contributed by atoms with Gasteiger partial charge in [-0.3, -0.25) is 9.69 Å². The Balaban J connectivity index is 1.90. The summed E-state index contributed by atoms with van der Waals surface area (Å²) in [5, 5.41) is 0.667. The zero-order chi connectivity index (χ0) is 12.4. The summed E-state index contributed by atoms with van der Waals surface area (Å²) in [7, 11) is 0. The third kappa shape index (κ3) is 2.31. The Hall–Kier alpha value is -1.61. The molecule has 94 valence electrons. The molecule has 0 saturated carbocycles. The molecule has 1 aliphatic heterocycles. The van der Waals surface area contributed by atoms with E-state index < -0.39 is 0 Å². The lowest BCUT2D eigenvalue weighted by atomic mass is 10.1. The van der Waals surface area contributed by atoms with Gasteiger partial charge in [0, 0.05) is 6.07 Å². The fraction of sp³-hybridized carbons (Fsp3) is 0.400. The second kappa shape index (κ2) is 4.94. The first-order valence-corrected chi connectivity index (χ1v) is 6.57. The number of para-hydroxylation sites is 1. The van der Waals surface area contributed by atoms with Crippen LogP contribution in [0, 0.1) is 0 Å². The average Bonchev–Trinajstić information content (AvgIpc) is 2.40.